The molecule has 1 aliphatic rings. The van der Waals surface area contributed by atoms with Gasteiger partial charge in [0.2, 0.25) is 0 Å². The summed E-state index contributed by atoms with van der Waals surface area (Å²) in [6.07, 6.45) is 0. The first-order valence-electron chi connectivity index (χ1n) is 4.14. The smallest absolute Gasteiger partial charge is 0.284 e. The van der Waals surface area contributed by atoms with Crippen molar-refractivity contribution in [2.45, 2.75) is 20.1 Å². The number of nitro groups is 1. The van der Waals surface area contributed by atoms with Crippen LogP contribution >= 0.6 is 15.9 Å². The van der Waals surface area contributed by atoms with Crippen LogP contribution in [-0.4, -0.2) is 4.92 Å². The van der Waals surface area contributed by atoms with Crippen molar-refractivity contribution in [1.29, 1.82) is 0 Å². The molecule has 74 valence electrons. The fourth-order valence-corrected chi connectivity index (χ4v) is 2.11. The van der Waals surface area contributed by atoms with E-state index in [1.807, 2.05) is 6.92 Å². The van der Waals surface area contributed by atoms with Gasteiger partial charge in [-0.15, -0.1) is 0 Å². The summed E-state index contributed by atoms with van der Waals surface area (Å²) in [6.45, 7) is 2.90. The Kier molecular flexibility index (Phi) is 2.28. The van der Waals surface area contributed by atoms with Gasteiger partial charge < -0.3 is 4.74 Å². The van der Waals surface area contributed by atoms with Crippen molar-refractivity contribution >= 4 is 21.6 Å². The first kappa shape index (κ1) is 9.61. The Balaban J connectivity index is 2.67. The predicted molar refractivity (Wildman–Crippen MR) is 54.0 cm³/mol. The minimum absolute atomic E-state index is 0.117. The van der Waals surface area contributed by atoms with Gasteiger partial charge in [-0.25, -0.2) is 0 Å². The quantitative estimate of drug-likeness (QED) is 0.574. The van der Waals surface area contributed by atoms with Gasteiger partial charge >= 0.3 is 0 Å². The molecule has 0 fully saturated rings. The predicted octanol–water partition coefficient (Wildman–Crippen LogP) is 2.70. The van der Waals surface area contributed by atoms with Crippen molar-refractivity contribution < 1.29 is 9.66 Å². The van der Waals surface area contributed by atoms with Crippen LogP contribution in [0.2, 0.25) is 0 Å². The molecule has 0 unspecified atom stereocenters. The molecule has 2 rings (SSSR count). The van der Waals surface area contributed by atoms with Crippen LogP contribution in [0.3, 0.4) is 0 Å². The molecule has 0 aliphatic carbocycles. The van der Waals surface area contributed by atoms with Crippen molar-refractivity contribution in [3.05, 3.63) is 37.3 Å². The maximum atomic E-state index is 10.7. The van der Waals surface area contributed by atoms with Gasteiger partial charge in [-0.2, -0.15) is 0 Å². The highest BCUT2D eigenvalue weighted by molar-refractivity contribution is 9.10. The number of benzene rings is 1. The number of nitro benzene ring substituents is 1. The Morgan fingerprint density at radius 2 is 2.29 bits per heavy atom. The van der Waals surface area contributed by atoms with E-state index < -0.39 is 0 Å². The molecule has 0 spiro atoms. The number of fused-ring (bicyclic) bond motifs is 1. The summed E-state index contributed by atoms with van der Waals surface area (Å²) >= 11 is 3.24. The lowest BCUT2D eigenvalue weighted by molar-refractivity contribution is -0.385. The zero-order valence-corrected chi connectivity index (χ0v) is 9.13. The molecular formula is C9H8BrNO3. The van der Waals surface area contributed by atoms with Crippen molar-refractivity contribution in [2.24, 2.45) is 0 Å². The van der Waals surface area contributed by atoms with Gasteiger partial charge in [0, 0.05) is 6.07 Å². The minimum Gasteiger partial charge on any atom is -0.372 e. The van der Waals surface area contributed by atoms with Crippen LogP contribution < -0.4 is 0 Å². The standard InChI is InChI=1S/C9H8BrNO3/c1-5-7-4-14-3-6(7)2-8(9(5)10)11(12)13/h2H,3-4H2,1H3. The van der Waals surface area contributed by atoms with E-state index in [-0.39, 0.29) is 10.6 Å². The Morgan fingerprint density at radius 1 is 1.57 bits per heavy atom. The van der Waals surface area contributed by atoms with Gasteiger partial charge in [0.25, 0.3) is 5.69 Å². The van der Waals surface area contributed by atoms with Gasteiger partial charge in [0.15, 0.2) is 0 Å². The van der Waals surface area contributed by atoms with Crippen molar-refractivity contribution in [3.8, 4) is 0 Å². The van der Waals surface area contributed by atoms with Crippen molar-refractivity contribution in [1.82, 2.24) is 0 Å². The molecule has 0 atom stereocenters. The summed E-state index contributed by atoms with van der Waals surface area (Å²) in [6, 6.07) is 1.58. The van der Waals surface area contributed by atoms with E-state index in [1.165, 1.54) is 0 Å². The van der Waals surface area contributed by atoms with Crippen LogP contribution in [0.1, 0.15) is 16.7 Å². The summed E-state index contributed by atoms with van der Waals surface area (Å²) < 4.78 is 5.80. The van der Waals surface area contributed by atoms with Gasteiger partial charge in [-0.1, -0.05) is 0 Å². The second-order valence-corrected chi connectivity index (χ2v) is 4.02. The molecule has 0 saturated heterocycles. The highest BCUT2D eigenvalue weighted by Crippen LogP contribution is 2.36. The summed E-state index contributed by atoms with van der Waals surface area (Å²) in [7, 11) is 0. The Hall–Kier alpha value is -0.940. The zero-order chi connectivity index (χ0) is 10.3. The largest absolute Gasteiger partial charge is 0.372 e. The number of ether oxygens (including phenoxy) is 1. The lowest BCUT2D eigenvalue weighted by Crippen LogP contribution is -1.96. The second kappa shape index (κ2) is 3.33. The lowest BCUT2D eigenvalue weighted by Gasteiger charge is -2.05. The Morgan fingerprint density at radius 3 is 2.93 bits per heavy atom. The molecule has 1 heterocycles. The molecule has 1 aromatic rings. The number of hydrogen-bond donors (Lipinski definition) is 0. The molecule has 0 aromatic heterocycles. The van der Waals surface area contributed by atoms with Crippen LogP contribution in [0, 0.1) is 17.0 Å². The van der Waals surface area contributed by atoms with E-state index in [2.05, 4.69) is 15.9 Å². The molecular weight excluding hydrogens is 250 g/mol. The van der Waals surface area contributed by atoms with E-state index in [0.29, 0.717) is 17.7 Å². The minimum atomic E-state index is -0.379. The number of rotatable bonds is 1. The molecule has 0 saturated carbocycles. The Bertz CT molecular complexity index is 417. The number of halogens is 1. The summed E-state index contributed by atoms with van der Waals surface area (Å²) in [5.41, 5.74) is 3.03. The lowest BCUT2D eigenvalue weighted by atomic mass is 10.0. The van der Waals surface area contributed by atoms with Gasteiger partial charge in [0.1, 0.15) is 0 Å². The van der Waals surface area contributed by atoms with E-state index in [9.17, 15) is 10.1 Å². The second-order valence-electron chi connectivity index (χ2n) is 3.22. The summed E-state index contributed by atoms with van der Waals surface area (Å²) in [5.74, 6) is 0. The molecule has 1 aromatic carbocycles. The molecule has 1 aliphatic heterocycles. The third kappa shape index (κ3) is 1.33. The van der Waals surface area contributed by atoms with Crippen LogP contribution in [0.4, 0.5) is 5.69 Å². The van der Waals surface area contributed by atoms with E-state index in [1.54, 1.807) is 6.07 Å². The molecule has 0 amide bonds. The SMILES string of the molecule is Cc1c(Br)c([N+](=O)[O-])cc2c1COC2. The third-order valence-corrected chi connectivity index (χ3v) is 3.41. The van der Waals surface area contributed by atoms with Gasteiger partial charge in [-0.05, 0) is 39.5 Å². The molecule has 5 heteroatoms. The van der Waals surface area contributed by atoms with Crippen molar-refractivity contribution in [2.75, 3.05) is 0 Å². The average Bonchev–Trinajstić information content (AvgIpc) is 2.58. The highest BCUT2D eigenvalue weighted by atomic mass is 79.9. The maximum Gasteiger partial charge on any atom is 0.284 e. The Labute approximate surface area is 89.2 Å². The topological polar surface area (TPSA) is 52.4 Å². The number of nitrogens with zero attached hydrogens (tertiary/aromatic N) is 1. The first-order valence-corrected chi connectivity index (χ1v) is 4.93. The van der Waals surface area contributed by atoms with Crippen molar-refractivity contribution in [3.63, 3.8) is 0 Å². The maximum absolute atomic E-state index is 10.7. The molecule has 14 heavy (non-hydrogen) atoms. The fourth-order valence-electron chi connectivity index (χ4n) is 1.61. The monoisotopic (exact) mass is 257 g/mol. The molecule has 0 N–H and O–H groups in total. The van der Waals surface area contributed by atoms with Crippen LogP contribution in [-0.2, 0) is 18.0 Å². The van der Waals surface area contributed by atoms with Crippen LogP contribution in [0.15, 0.2) is 10.5 Å². The molecule has 0 radical (unpaired) electrons. The average molecular weight is 258 g/mol. The molecule has 4 nitrogen and oxygen atoms in total. The summed E-state index contributed by atoms with van der Waals surface area (Å²) in [5, 5.41) is 10.7. The third-order valence-electron chi connectivity index (χ3n) is 2.41. The van der Waals surface area contributed by atoms with Crippen LogP contribution in [0.25, 0.3) is 0 Å². The van der Waals surface area contributed by atoms with Gasteiger partial charge in [0.05, 0.1) is 22.6 Å². The fraction of sp³-hybridized carbons (Fsp3) is 0.333. The number of hydrogen-bond acceptors (Lipinski definition) is 3. The van der Waals surface area contributed by atoms with E-state index >= 15 is 0 Å². The highest BCUT2D eigenvalue weighted by Gasteiger charge is 2.23. The normalized spacial score (nSPS) is 14.1. The zero-order valence-electron chi connectivity index (χ0n) is 7.54. The van der Waals surface area contributed by atoms with E-state index in [0.717, 1.165) is 16.7 Å². The summed E-state index contributed by atoms with van der Waals surface area (Å²) in [4.78, 5) is 10.3. The molecule has 0 bridgehead atoms. The first-order chi connectivity index (χ1) is 6.61. The van der Waals surface area contributed by atoms with Gasteiger partial charge in [-0.3, -0.25) is 10.1 Å². The van der Waals surface area contributed by atoms with Crippen LogP contribution in [0.5, 0.6) is 0 Å². The van der Waals surface area contributed by atoms with E-state index in [4.69, 9.17) is 4.74 Å².